The molecule has 3 rings (SSSR count). The molecule has 1 spiro atoms. The van der Waals surface area contributed by atoms with E-state index >= 15 is 0 Å². The average molecular weight is 271 g/mol. The Morgan fingerprint density at radius 3 is 2.29 bits per heavy atom. The molecule has 0 bridgehead atoms. The highest BCUT2D eigenvalue weighted by Gasteiger charge is 2.35. The van der Waals surface area contributed by atoms with Gasteiger partial charge in [-0.05, 0) is 25.0 Å². The molecule has 2 nitrogen and oxygen atoms in total. The molecule has 1 aliphatic heterocycles. The molecular formula is C13H16Cl2N2. The standard InChI is InChI=1S/C13H16Cl2N2/c14-9-6-11-12(7-10(9)15)17-13(8-16-11)4-2-1-3-5-13/h6-7,16-17H,1-5,8H2. The summed E-state index contributed by atoms with van der Waals surface area (Å²) in [6.07, 6.45) is 6.45. The van der Waals surface area contributed by atoms with Gasteiger partial charge in [-0.15, -0.1) is 0 Å². The lowest BCUT2D eigenvalue weighted by molar-refractivity contribution is 0.334. The van der Waals surface area contributed by atoms with Crippen LogP contribution in [-0.4, -0.2) is 12.1 Å². The molecule has 0 unspecified atom stereocenters. The number of benzene rings is 1. The van der Waals surface area contributed by atoms with Crippen molar-refractivity contribution in [1.29, 1.82) is 0 Å². The van der Waals surface area contributed by atoms with E-state index in [2.05, 4.69) is 10.6 Å². The molecule has 1 aromatic rings. The summed E-state index contributed by atoms with van der Waals surface area (Å²) in [6.45, 7) is 0.984. The van der Waals surface area contributed by atoms with E-state index in [4.69, 9.17) is 23.2 Å². The molecule has 0 saturated heterocycles. The molecule has 0 radical (unpaired) electrons. The van der Waals surface area contributed by atoms with Crippen LogP contribution in [0.1, 0.15) is 32.1 Å². The topological polar surface area (TPSA) is 24.1 Å². The summed E-state index contributed by atoms with van der Waals surface area (Å²) in [5.41, 5.74) is 2.38. The Hall–Kier alpha value is -0.600. The molecule has 1 aliphatic carbocycles. The highest BCUT2D eigenvalue weighted by Crippen LogP contribution is 2.41. The van der Waals surface area contributed by atoms with Gasteiger partial charge in [0.25, 0.3) is 0 Å². The normalized spacial score (nSPS) is 21.5. The molecule has 1 saturated carbocycles. The third-order valence-electron chi connectivity index (χ3n) is 3.89. The van der Waals surface area contributed by atoms with E-state index in [1.165, 1.54) is 32.1 Å². The smallest absolute Gasteiger partial charge is 0.0614 e. The van der Waals surface area contributed by atoms with Crippen molar-refractivity contribution in [2.24, 2.45) is 0 Å². The third kappa shape index (κ3) is 2.09. The summed E-state index contributed by atoms with van der Waals surface area (Å²) < 4.78 is 0. The van der Waals surface area contributed by atoms with E-state index in [1.54, 1.807) is 0 Å². The van der Waals surface area contributed by atoms with Crippen molar-refractivity contribution in [2.75, 3.05) is 17.2 Å². The van der Waals surface area contributed by atoms with Crippen LogP contribution >= 0.6 is 23.2 Å². The SMILES string of the molecule is Clc1cc2c(cc1Cl)NC1(CCCCC1)CN2. The van der Waals surface area contributed by atoms with E-state index < -0.39 is 0 Å². The predicted molar refractivity (Wildman–Crippen MR) is 74.4 cm³/mol. The first kappa shape index (κ1) is 11.5. The molecular weight excluding hydrogens is 255 g/mol. The molecule has 0 aromatic heterocycles. The fraction of sp³-hybridized carbons (Fsp3) is 0.538. The Balaban J connectivity index is 1.91. The van der Waals surface area contributed by atoms with Crippen molar-refractivity contribution < 1.29 is 0 Å². The van der Waals surface area contributed by atoms with Gasteiger partial charge < -0.3 is 10.6 Å². The first-order valence-corrected chi connectivity index (χ1v) is 6.95. The van der Waals surface area contributed by atoms with Crippen LogP contribution in [0.15, 0.2) is 12.1 Å². The molecule has 17 heavy (non-hydrogen) atoms. The molecule has 0 atom stereocenters. The van der Waals surface area contributed by atoms with Gasteiger partial charge in [-0.2, -0.15) is 0 Å². The van der Waals surface area contributed by atoms with E-state index in [9.17, 15) is 0 Å². The minimum atomic E-state index is 0.225. The van der Waals surface area contributed by atoms with Gasteiger partial charge in [0.15, 0.2) is 0 Å². The van der Waals surface area contributed by atoms with E-state index in [0.29, 0.717) is 10.0 Å². The van der Waals surface area contributed by atoms with Crippen molar-refractivity contribution in [3.8, 4) is 0 Å². The monoisotopic (exact) mass is 270 g/mol. The van der Waals surface area contributed by atoms with Crippen LogP contribution in [-0.2, 0) is 0 Å². The van der Waals surface area contributed by atoms with Crippen molar-refractivity contribution >= 4 is 34.6 Å². The second kappa shape index (κ2) is 4.25. The Kier molecular flexibility index (Phi) is 2.87. The highest BCUT2D eigenvalue weighted by atomic mass is 35.5. The lowest BCUT2D eigenvalue weighted by Gasteiger charge is -2.43. The minimum Gasteiger partial charge on any atom is -0.381 e. The van der Waals surface area contributed by atoms with Crippen LogP contribution < -0.4 is 10.6 Å². The van der Waals surface area contributed by atoms with Crippen molar-refractivity contribution in [2.45, 2.75) is 37.6 Å². The minimum absolute atomic E-state index is 0.225. The lowest BCUT2D eigenvalue weighted by atomic mass is 9.80. The largest absolute Gasteiger partial charge is 0.381 e. The summed E-state index contributed by atoms with van der Waals surface area (Å²) >= 11 is 12.1. The Morgan fingerprint density at radius 1 is 0.941 bits per heavy atom. The fourth-order valence-corrected chi connectivity index (χ4v) is 3.25. The van der Waals surface area contributed by atoms with Crippen LogP contribution in [0.4, 0.5) is 11.4 Å². The third-order valence-corrected chi connectivity index (χ3v) is 4.61. The van der Waals surface area contributed by atoms with Crippen LogP contribution in [0.2, 0.25) is 10.0 Å². The highest BCUT2D eigenvalue weighted by molar-refractivity contribution is 6.42. The number of hydrogen-bond donors (Lipinski definition) is 2. The van der Waals surface area contributed by atoms with Gasteiger partial charge >= 0.3 is 0 Å². The zero-order chi connectivity index (χ0) is 11.9. The Morgan fingerprint density at radius 2 is 1.59 bits per heavy atom. The van der Waals surface area contributed by atoms with E-state index in [1.807, 2.05) is 12.1 Å². The van der Waals surface area contributed by atoms with E-state index in [-0.39, 0.29) is 5.54 Å². The van der Waals surface area contributed by atoms with Gasteiger partial charge in [0.1, 0.15) is 0 Å². The van der Waals surface area contributed by atoms with Crippen molar-refractivity contribution in [3.63, 3.8) is 0 Å². The van der Waals surface area contributed by atoms with Crippen molar-refractivity contribution in [1.82, 2.24) is 0 Å². The van der Waals surface area contributed by atoms with Crippen LogP contribution in [0.3, 0.4) is 0 Å². The number of anilines is 2. The van der Waals surface area contributed by atoms with Gasteiger partial charge in [0, 0.05) is 6.54 Å². The molecule has 2 N–H and O–H groups in total. The quantitative estimate of drug-likeness (QED) is 0.724. The molecule has 0 amide bonds. The van der Waals surface area contributed by atoms with Crippen molar-refractivity contribution in [3.05, 3.63) is 22.2 Å². The van der Waals surface area contributed by atoms with Gasteiger partial charge in [0.2, 0.25) is 0 Å². The summed E-state index contributed by atoms with van der Waals surface area (Å²) in [6, 6.07) is 3.84. The van der Waals surface area contributed by atoms with Crippen LogP contribution in [0.25, 0.3) is 0 Å². The Bertz CT molecular complexity index is 439. The molecule has 4 heteroatoms. The Labute approximate surface area is 112 Å². The number of halogens is 2. The van der Waals surface area contributed by atoms with Gasteiger partial charge in [-0.25, -0.2) is 0 Å². The molecule has 2 aliphatic rings. The van der Waals surface area contributed by atoms with E-state index in [0.717, 1.165) is 17.9 Å². The summed E-state index contributed by atoms with van der Waals surface area (Å²) in [5, 5.41) is 8.39. The zero-order valence-electron chi connectivity index (χ0n) is 9.65. The van der Waals surface area contributed by atoms with Gasteiger partial charge in [0.05, 0.1) is 27.0 Å². The second-order valence-electron chi connectivity index (χ2n) is 5.13. The maximum Gasteiger partial charge on any atom is 0.0614 e. The maximum absolute atomic E-state index is 6.07. The lowest BCUT2D eigenvalue weighted by Crippen LogP contribution is -2.49. The zero-order valence-corrected chi connectivity index (χ0v) is 11.2. The molecule has 1 aromatic carbocycles. The molecule has 1 heterocycles. The number of rotatable bonds is 0. The van der Waals surface area contributed by atoms with Gasteiger partial charge in [-0.1, -0.05) is 42.5 Å². The first-order valence-electron chi connectivity index (χ1n) is 6.20. The summed E-state index contributed by atoms with van der Waals surface area (Å²) in [4.78, 5) is 0. The number of nitrogens with one attached hydrogen (secondary N) is 2. The predicted octanol–water partition coefficient (Wildman–Crippen LogP) is 4.53. The van der Waals surface area contributed by atoms with Crippen LogP contribution in [0, 0.1) is 0 Å². The number of hydrogen-bond acceptors (Lipinski definition) is 2. The molecule has 1 fully saturated rings. The summed E-state index contributed by atoms with van der Waals surface area (Å²) in [5.74, 6) is 0. The van der Waals surface area contributed by atoms with Gasteiger partial charge in [-0.3, -0.25) is 0 Å². The first-order chi connectivity index (χ1) is 8.19. The molecule has 92 valence electrons. The fourth-order valence-electron chi connectivity index (χ4n) is 2.92. The maximum atomic E-state index is 6.07. The second-order valence-corrected chi connectivity index (χ2v) is 5.95. The summed E-state index contributed by atoms with van der Waals surface area (Å²) in [7, 11) is 0. The average Bonchev–Trinajstić information content (AvgIpc) is 2.33. The van der Waals surface area contributed by atoms with Crippen LogP contribution in [0.5, 0.6) is 0 Å². The number of fused-ring (bicyclic) bond motifs is 1.